The van der Waals surface area contributed by atoms with Gasteiger partial charge in [0, 0.05) is 41.9 Å². The molecule has 5 heterocycles. The molecule has 5 rings (SSSR count). The fourth-order valence-electron chi connectivity index (χ4n) is 15.2. The molecule has 0 aromatic carbocycles. The third kappa shape index (κ3) is 18.1. The summed E-state index contributed by atoms with van der Waals surface area (Å²) in [6.45, 7) is 52.2. The van der Waals surface area contributed by atoms with Crippen molar-refractivity contribution in [3.05, 3.63) is 23.3 Å². The number of ketones is 2. The first-order valence-electron chi connectivity index (χ1n) is 33.5. The van der Waals surface area contributed by atoms with E-state index in [1.54, 1.807) is 39.8 Å². The molecule has 498 valence electrons. The summed E-state index contributed by atoms with van der Waals surface area (Å²) >= 11 is 0. The van der Waals surface area contributed by atoms with Crippen LogP contribution in [-0.4, -0.2) is 124 Å². The molecular formula is C71H124O15. The van der Waals surface area contributed by atoms with E-state index in [0.717, 1.165) is 12.8 Å². The second kappa shape index (κ2) is 30.7. The predicted octanol–water partition coefficient (Wildman–Crippen LogP) is 13.7. The number of hydrogen-bond donors (Lipinski definition) is 3. The van der Waals surface area contributed by atoms with Gasteiger partial charge in [0.25, 0.3) is 0 Å². The van der Waals surface area contributed by atoms with Crippen molar-refractivity contribution < 1.29 is 72.4 Å². The molecule has 3 unspecified atom stereocenters. The van der Waals surface area contributed by atoms with Gasteiger partial charge in [0.1, 0.15) is 23.4 Å². The molecule has 15 nitrogen and oxygen atoms in total. The number of rotatable bonds is 10. The first-order chi connectivity index (χ1) is 39.6. The van der Waals surface area contributed by atoms with Crippen LogP contribution in [0.2, 0.25) is 0 Å². The number of hydrogen-bond acceptors (Lipinski definition) is 15. The zero-order valence-electron chi connectivity index (χ0n) is 58.5. The molecule has 5 aliphatic heterocycles. The minimum atomic E-state index is -1.49. The second-order valence-electron chi connectivity index (χ2n) is 30.5. The van der Waals surface area contributed by atoms with Gasteiger partial charge in [0.05, 0.1) is 54.6 Å². The Morgan fingerprint density at radius 3 is 1.27 bits per heavy atom. The Hall–Kier alpha value is -2.60. The molecule has 0 bridgehead atoms. The molecule has 3 fully saturated rings. The average Bonchev–Trinajstić information content (AvgIpc) is 1.34. The molecule has 25 atom stereocenters. The van der Waals surface area contributed by atoms with Crippen LogP contribution < -0.4 is 0 Å². The smallest absolute Gasteiger partial charge is 0.311 e. The monoisotopic (exact) mass is 1220 g/mol. The Labute approximate surface area is 521 Å². The number of Topliss-reactive ketones (excluding diaryl/α,β-unsaturated/α-hetero) is 2. The fourth-order valence-corrected chi connectivity index (χ4v) is 15.2. The lowest BCUT2D eigenvalue weighted by molar-refractivity contribution is -0.293. The van der Waals surface area contributed by atoms with Crippen LogP contribution in [0.4, 0.5) is 0 Å². The molecule has 0 amide bonds. The molecule has 5 aliphatic rings. The fraction of sp³-hybridized carbons (Fsp3) is 0.887. The van der Waals surface area contributed by atoms with Crippen molar-refractivity contribution in [2.24, 2.45) is 81.3 Å². The Balaban J connectivity index is 0.000000379. The Morgan fingerprint density at radius 1 is 0.512 bits per heavy atom. The summed E-state index contributed by atoms with van der Waals surface area (Å²) in [6.07, 6.45) is 2.50. The van der Waals surface area contributed by atoms with Gasteiger partial charge < -0.3 is 53.2 Å². The normalized spacial score (nSPS) is 45.5. The van der Waals surface area contributed by atoms with Crippen LogP contribution in [0.15, 0.2) is 23.3 Å². The molecule has 86 heavy (non-hydrogen) atoms. The average molecular weight is 1220 g/mol. The van der Waals surface area contributed by atoms with Crippen molar-refractivity contribution in [2.75, 3.05) is 0 Å². The maximum Gasteiger partial charge on any atom is 0.311 e. The number of cyclic esters (lactones) is 2. The van der Waals surface area contributed by atoms with E-state index in [0.29, 0.717) is 67.4 Å². The number of aliphatic hydroxyl groups excluding tert-OH is 1. The first kappa shape index (κ1) is 75.9. The van der Waals surface area contributed by atoms with E-state index in [1.165, 1.54) is 0 Å². The maximum absolute atomic E-state index is 14.2. The van der Waals surface area contributed by atoms with Crippen LogP contribution in [0.1, 0.15) is 238 Å². The van der Waals surface area contributed by atoms with Gasteiger partial charge in [-0.05, 0) is 157 Å². The molecule has 15 heteroatoms. The van der Waals surface area contributed by atoms with Crippen LogP contribution in [0.5, 0.6) is 0 Å². The molecule has 3 saturated heterocycles. The summed E-state index contributed by atoms with van der Waals surface area (Å²) in [7, 11) is 0. The summed E-state index contributed by atoms with van der Waals surface area (Å²) in [5.41, 5.74) is -3.14. The molecule has 0 radical (unpaired) electrons. The highest BCUT2D eigenvalue weighted by molar-refractivity contribution is 5.97. The third-order valence-corrected chi connectivity index (χ3v) is 21.7. The minimum absolute atomic E-state index is 0.0244. The number of ether oxygens (including phenoxy) is 8. The van der Waals surface area contributed by atoms with Gasteiger partial charge in [0.2, 0.25) is 0 Å². The number of aliphatic hydroxyl groups is 3. The number of esters is 2. The molecule has 0 aromatic rings. The largest absolute Gasteiger partial charge is 0.459 e. The second-order valence-corrected chi connectivity index (χ2v) is 30.5. The van der Waals surface area contributed by atoms with Crippen LogP contribution in [0.25, 0.3) is 0 Å². The van der Waals surface area contributed by atoms with Crippen molar-refractivity contribution in [1.82, 2.24) is 0 Å². The lowest BCUT2D eigenvalue weighted by atomic mass is 9.70. The third-order valence-electron chi connectivity index (χ3n) is 21.7. The van der Waals surface area contributed by atoms with E-state index in [-0.39, 0.29) is 71.3 Å². The van der Waals surface area contributed by atoms with Gasteiger partial charge in [-0.2, -0.15) is 0 Å². The summed E-state index contributed by atoms with van der Waals surface area (Å²) in [5, 5.41) is 34.7. The van der Waals surface area contributed by atoms with E-state index in [2.05, 4.69) is 96.9 Å². The van der Waals surface area contributed by atoms with Gasteiger partial charge in [-0.25, -0.2) is 0 Å². The lowest BCUT2D eigenvalue weighted by Crippen LogP contribution is -2.54. The van der Waals surface area contributed by atoms with Crippen molar-refractivity contribution in [2.45, 2.75) is 323 Å². The summed E-state index contributed by atoms with van der Waals surface area (Å²) in [5.74, 6) is -2.66. The number of carbonyl (C=O) groups excluding carboxylic acids is 4. The summed E-state index contributed by atoms with van der Waals surface area (Å²) in [4.78, 5) is 54.8. The van der Waals surface area contributed by atoms with E-state index < -0.39 is 107 Å². The first-order valence-corrected chi connectivity index (χ1v) is 33.5. The molecule has 0 aromatic heterocycles. The Morgan fingerprint density at radius 2 is 0.895 bits per heavy atom. The SMILES string of the molecule is CC[C@H]1OC(=O)[C@H](C)[C@@H](O)[C@H](C)[C@@H](OC2O[C@H](C)C[C@H](C)[C@H]2C)C(C)(C)C[C@@H](C)C(=O)/C(C)=C/[C@@]1(O)CC.CC[C@H]1OC(=O)[C@H](C)[C@@H](OC2CC(C)(C)[C@@H](C)[C@H](C)O2)[C@H](C)[C@@H](OC2O[C@H](C)C[C@H](C)[C@H]2C)C(C)(C)C[C@@H](C)C(=O)/C(C)=C/[C@@]1(O)CC. The van der Waals surface area contributed by atoms with E-state index in [1.807, 2.05) is 55.4 Å². The standard InChI is InChI=1S/C40H70O8.C31H54O7/c1-16-31-40(43,17-2)20-24(5)33(41)23(4)19-39(14,15)35(48-37-26(7)22(3)18-25(6)44-37)27(8)34(28(9)36(42)46-31)47-32-21-38(12,13)29(10)30(11)45-32;1-12-24-31(35,13-2)16-19(5)25(32)18(4)15-30(10,11)27(22(8)26(33)23(9)28(34)37-24)38-29-21(7)17(3)14-20(6)36-29/h20,22-23,25-32,34-35,37,43H,16-19,21H2,1-15H3;16-18,20-24,26-27,29,33,35H,12-15H2,1-11H3/b24-20+;19-16+/t22-,23+,25+,26+,27-,28+,29-,30-,31+,32?,34-,35+,37?,40-;17-,18+,20+,21+,22-,23+,24+,26-,27+,29?,31-/m00/s1. The topological polar surface area (TPSA) is 203 Å². The van der Waals surface area contributed by atoms with Crippen LogP contribution in [0.3, 0.4) is 0 Å². The molecule has 0 saturated carbocycles. The summed E-state index contributed by atoms with van der Waals surface area (Å²) in [6, 6.07) is 0. The van der Waals surface area contributed by atoms with Crippen molar-refractivity contribution >= 4 is 23.5 Å². The van der Waals surface area contributed by atoms with Gasteiger partial charge in [0.15, 0.2) is 30.4 Å². The van der Waals surface area contributed by atoms with E-state index in [4.69, 9.17) is 37.9 Å². The van der Waals surface area contributed by atoms with Gasteiger partial charge in [-0.1, -0.05) is 132 Å². The van der Waals surface area contributed by atoms with Crippen LogP contribution in [-0.2, 0) is 57.1 Å². The Kier molecular flexibility index (Phi) is 27.1. The van der Waals surface area contributed by atoms with Crippen molar-refractivity contribution in [3.8, 4) is 0 Å². The zero-order valence-corrected chi connectivity index (χ0v) is 58.5. The maximum atomic E-state index is 14.2. The highest BCUT2D eigenvalue weighted by Crippen LogP contribution is 2.47. The van der Waals surface area contributed by atoms with E-state index in [9.17, 15) is 34.5 Å². The van der Waals surface area contributed by atoms with E-state index >= 15 is 0 Å². The zero-order chi connectivity index (χ0) is 65.7. The number of allylic oxidation sites excluding steroid dienone is 2. The number of carbonyl (C=O) groups is 4. The van der Waals surface area contributed by atoms with Crippen LogP contribution in [0, 0.1) is 81.3 Å². The molecule has 0 spiro atoms. The highest BCUT2D eigenvalue weighted by atomic mass is 16.7. The minimum Gasteiger partial charge on any atom is -0.459 e. The van der Waals surface area contributed by atoms with Gasteiger partial charge in [-0.3, -0.25) is 19.2 Å². The predicted molar refractivity (Wildman–Crippen MR) is 337 cm³/mol. The molecular weight excluding hydrogens is 1090 g/mol. The van der Waals surface area contributed by atoms with Crippen molar-refractivity contribution in [3.63, 3.8) is 0 Å². The quantitative estimate of drug-likeness (QED) is 0.174. The van der Waals surface area contributed by atoms with Gasteiger partial charge in [-0.15, -0.1) is 0 Å². The van der Waals surface area contributed by atoms with Gasteiger partial charge >= 0.3 is 11.9 Å². The van der Waals surface area contributed by atoms with Crippen LogP contribution >= 0.6 is 0 Å². The lowest BCUT2D eigenvalue weighted by Gasteiger charge is -2.49. The van der Waals surface area contributed by atoms with Crippen molar-refractivity contribution in [1.29, 1.82) is 0 Å². The highest BCUT2D eigenvalue weighted by Gasteiger charge is 2.51. The summed E-state index contributed by atoms with van der Waals surface area (Å²) < 4.78 is 51.9. The Bertz CT molecular complexity index is 2290. The molecule has 0 aliphatic carbocycles. The molecule has 3 N–H and O–H groups in total.